The minimum absolute atomic E-state index is 0.0247. The number of aryl methyl sites for hydroxylation is 1. The van der Waals surface area contributed by atoms with Crippen LogP contribution in [0.15, 0.2) is 85.7 Å². The highest BCUT2D eigenvalue weighted by molar-refractivity contribution is 5.90. The third-order valence-corrected chi connectivity index (χ3v) is 4.24. The van der Waals surface area contributed by atoms with Gasteiger partial charge in [-0.05, 0) is 36.2 Å². The van der Waals surface area contributed by atoms with Crippen LogP contribution in [0.25, 0.3) is 5.82 Å². The number of anilines is 1. The number of hydrogen-bond acceptors (Lipinski definition) is 5. The molecule has 0 fully saturated rings. The van der Waals surface area contributed by atoms with Gasteiger partial charge in [0.1, 0.15) is 24.2 Å². The van der Waals surface area contributed by atoms with Crippen molar-refractivity contribution in [3.05, 3.63) is 91.3 Å². The van der Waals surface area contributed by atoms with Crippen molar-refractivity contribution in [3.8, 4) is 17.4 Å². The third-order valence-electron chi connectivity index (χ3n) is 4.24. The van der Waals surface area contributed by atoms with E-state index in [-0.39, 0.29) is 5.91 Å². The summed E-state index contributed by atoms with van der Waals surface area (Å²) in [4.78, 5) is 24.5. The van der Waals surface area contributed by atoms with Crippen molar-refractivity contribution >= 4 is 11.6 Å². The molecule has 0 spiro atoms. The van der Waals surface area contributed by atoms with Gasteiger partial charge in [-0.25, -0.2) is 15.0 Å². The summed E-state index contributed by atoms with van der Waals surface area (Å²) in [6.07, 6.45) is 7.70. The largest absolute Gasteiger partial charge is 0.439 e. The molecule has 0 bridgehead atoms. The van der Waals surface area contributed by atoms with Gasteiger partial charge in [0.25, 0.3) is 0 Å². The molecule has 0 saturated carbocycles. The molecule has 29 heavy (non-hydrogen) atoms. The van der Waals surface area contributed by atoms with Gasteiger partial charge in [-0.1, -0.05) is 30.3 Å². The van der Waals surface area contributed by atoms with Crippen LogP contribution in [-0.2, 0) is 11.2 Å². The smallest absolute Gasteiger partial charge is 0.224 e. The topological polar surface area (TPSA) is 81.9 Å². The summed E-state index contributed by atoms with van der Waals surface area (Å²) in [5.41, 5.74) is 1.86. The Bertz CT molecular complexity index is 1060. The predicted octanol–water partition coefficient (Wildman–Crippen LogP) is 4.03. The number of imidazole rings is 1. The van der Waals surface area contributed by atoms with Crippen molar-refractivity contribution in [2.75, 3.05) is 5.32 Å². The lowest BCUT2D eigenvalue weighted by atomic mass is 10.1. The molecule has 7 heteroatoms. The van der Waals surface area contributed by atoms with Gasteiger partial charge in [-0.15, -0.1) is 0 Å². The number of rotatable bonds is 7. The number of carbonyl (C=O) groups excluding carboxylic acids is 1. The van der Waals surface area contributed by atoms with Crippen molar-refractivity contribution in [2.45, 2.75) is 12.8 Å². The van der Waals surface area contributed by atoms with E-state index in [1.165, 1.54) is 6.33 Å². The molecule has 4 aromatic rings. The Morgan fingerprint density at radius 1 is 1.03 bits per heavy atom. The first kappa shape index (κ1) is 18.4. The number of hydrogen-bond donors (Lipinski definition) is 1. The van der Waals surface area contributed by atoms with Gasteiger partial charge < -0.3 is 10.1 Å². The molecule has 0 aliphatic heterocycles. The molecule has 1 amide bonds. The normalized spacial score (nSPS) is 10.5. The number of amides is 1. The van der Waals surface area contributed by atoms with Crippen LogP contribution in [0.5, 0.6) is 11.6 Å². The van der Waals surface area contributed by atoms with Crippen molar-refractivity contribution < 1.29 is 9.53 Å². The number of carbonyl (C=O) groups is 1. The Balaban J connectivity index is 1.33. The van der Waals surface area contributed by atoms with Crippen molar-refractivity contribution in [3.63, 3.8) is 0 Å². The predicted molar refractivity (Wildman–Crippen MR) is 109 cm³/mol. The molecule has 2 heterocycles. The fourth-order valence-corrected chi connectivity index (χ4v) is 2.77. The Morgan fingerprint density at radius 2 is 1.86 bits per heavy atom. The van der Waals surface area contributed by atoms with Crippen LogP contribution >= 0.6 is 0 Å². The average Bonchev–Trinajstić information content (AvgIpc) is 3.30. The van der Waals surface area contributed by atoms with Crippen LogP contribution in [0.2, 0.25) is 0 Å². The Kier molecular flexibility index (Phi) is 5.57. The van der Waals surface area contributed by atoms with E-state index >= 15 is 0 Å². The molecule has 0 radical (unpaired) electrons. The maximum Gasteiger partial charge on any atom is 0.224 e. The lowest BCUT2D eigenvalue weighted by molar-refractivity contribution is -0.116. The van der Waals surface area contributed by atoms with Gasteiger partial charge in [-0.2, -0.15) is 0 Å². The minimum Gasteiger partial charge on any atom is -0.439 e. The second-order valence-electron chi connectivity index (χ2n) is 6.34. The zero-order valence-corrected chi connectivity index (χ0v) is 15.6. The minimum atomic E-state index is -0.0247. The number of ether oxygens (including phenoxy) is 1. The molecule has 4 rings (SSSR count). The zero-order valence-electron chi connectivity index (χ0n) is 15.6. The van der Waals surface area contributed by atoms with E-state index in [1.807, 2.05) is 30.3 Å². The fraction of sp³-hybridized carbons (Fsp3) is 0.0909. The van der Waals surface area contributed by atoms with Gasteiger partial charge >= 0.3 is 0 Å². The summed E-state index contributed by atoms with van der Waals surface area (Å²) in [5, 5.41) is 2.90. The molecule has 0 aliphatic rings. The standard InChI is InChI=1S/C22H19N5O2/c28-21(11-6-17-4-2-1-3-5-17)26-18-7-9-19(10-8-18)29-22-14-20(24-15-25-22)27-13-12-23-16-27/h1-5,7-10,12-16H,6,11H2,(H,26,28). The average molecular weight is 385 g/mol. The molecule has 7 nitrogen and oxygen atoms in total. The van der Waals surface area contributed by atoms with Crippen LogP contribution in [-0.4, -0.2) is 25.4 Å². The first-order valence-corrected chi connectivity index (χ1v) is 9.18. The zero-order chi connectivity index (χ0) is 19.9. The Labute approximate surface area is 168 Å². The second kappa shape index (κ2) is 8.79. The van der Waals surface area contributed by atoms with E-state index in [2.05, 4.69) is 20.3 Å². The maximum atomic E-state index is 12.1. The quantitative estimate of drug-likeness (QED) is 0.519. The SMILES string of the molecule is O=C(CCc1ccccc1)Nc1ccc(Oc2cc(-n3ccnc3)ncn2)cc1. The van der Waals surface area contributed by atoms with Crippen LogP contribution in [0.1, 0.15) is 12.0 Å². The van der Waals surface area contributed by atoms with E-state index in [0.29, 0.717) is 30.3 Å². The Hall–Kier alpha value is -4.00. The summed E-state index contributed by atoms with van der Waals surface area (Å²) >= 11 is 0. The lowest BCUT2D eigenvalue weighted by Crippen LogP contribution is -2.12. The second-order valence-corrected chi connectivity index (χ2v) is 6.34. The van der Waals surface area contributed by atoms with Gasteiger partial charge in [-0.3, -0.25) is 9.36 Å². The molecular formula is C22H19N5O2. The highest BCUT2D eigenvalue weighted by Gasteiger charge is 2.06. The van der Waals surface area contributed by atoms with Crippen LogP contribution in [0, 0.1) is 0 Å². The van der Waals surface area contributed by atoms with Crippen molar-refractivity contribution in [1.29, 1.82) is 0 Å². The molecule has 1 N–H and O–H groups in total. The Morgan fingerprint density at radius 3 is 2.62 bits per heavy atom. The number of nitrogens with zero attached hydrogens (tertiary/aromatic N) is 4. The fourth-order valence-electron chi connectivity index (χ4n) is 2.77. The van der Waals surface area contributed by atoms with E-state index in [1.54, 1.807) is 53.6 Å². The van der Waals surface area contributed by atoms with Gasteiger partial charge in [0.15, 0.2) is 0 Å². The van der Waals surface area contributed by atoms with Gasteiger partial charge in [0, 0.05) is 30.6 Å². The van der Waals surface area contributed by atoms with Crippen molar-refractivity contribution in [1.82, 2.24) is 19.5 Å². The van der Waals surface area contributed by atoms with E-state index in [0.717, 1.165) is 11.3 Å². The molecule has 0 aliphatic carbocycles. The highest BCUT2D eigenvalue weighted by Crippen LogP contribution is 2.22. The van der Waals surface area contributed by atoms with Gasteiger partial charge in [0.2, 0.25) is 11.8 Å². The molecule has 0 atom stereocenters. The van der Waals surface area contributed by atoms with Crippen molar-refractivity contribution in [2.24, 2.45) is 0 Å². The summed E-state index contributed by atoms with van der Waals surface area (Å²) in [5.74, 6) is 1.67. The number of nitrogens with one attached hydrogen (secondary N) is 1. The molecule has 0 saturated heterocycles. The summed E-state index contributed by atoms with van der Waals surface area (Å²) in [6.45, 7) is 0. The number of benzene rings is 2. The highest BCUT2D eigenvalue weighted by atomic mass is 16.5. The molecule has 2 aromatic heterocycles. The van der Waals surface area contributed by atoms with Crippen LogP contribution < -0.4 is 10.1 Å². The van der Waals surface area contributed by atoms with Crippen LogP contribution in [0.4, 0.5) is 5.69 Å². The summed E-state index contributed by atoms with van der Waals surface area (Å²) < 4.78 is 7.55. The first-order valence-electron chi connectivity index (χ1n) is 9.18. The van der Waals surface area contributed by atoms with E-state index in [4.69, 9.17) is 4.74 Å². The lowest BCUT2D eigenvalue weighted by Gasteiger charge is -2.08. The summed E-state index contributed by atoms with van der Waals surface area (Å²) in [6, 6.07) is 18.8. The number of aromatic nitrogens is 4. The summed E-state index contributed by atoms with van der Waals surface area (Å²) in [7, 11) is 0. The van der Waals surface area contributed by atoms with Gasteiger partial charge in [0.05, 0.1) is 0 Å². The molecular weight excluding hydrogens is 366 g/mol. The maximum absolute atomic E-state index is 12.1. The third kappa shape index (κ3) is 5.04. The first-order chi connectivity index (χ1) is 14.3. The molecule has 144 valence electrons. The molecule has 2 aromatic carbocycles. The van der Waals surface area contributed by atoms with E-state index in [9.17, 15) is 4.79 Å². The van der Waals surface area contributed by atoms with E-state index < -0.39 is 0 Å². The van der Waals surface area contributed by atoms with Crippen LogP contribution in [0.3, 0.4) is 0 Å². The monoisotopic (exact) mass is 385 g/mol. The molecule has 0 unspecified atom stereocenters.